The molecule has 0 fully saturated rings. The van der Waals surface area contributed by atoms with Gasteiger partial charge in [0, 0.05) is 17.6 Å². The van der Waals surface area contributed by atoms with Gasteiger partial charge >= 0.3 is 0 Å². The summed E-state index contributed by atoms with van der Waals surface area (Å²) >= 11 is 1.73. The number of aromatic nitrogens is 1. The molecule has 0 atom stereocenters. The van der Waals surface area contributed by atoms with Crippen molar-refractivity contribution in [2.45, 2.75) is 26.8 Å². The molecule has 0 aliphatic heterocycles. The molecule has 0 bridgehead atoms. The van der Waals surface area contributed by atoms with Gasteiger partial charge < -0.3 is 5.32 Å². The number of rotatable bonds is 4. The molecule has 1 aromatic heterocycles. The molecular weight excluding hydrogens is 227 g/mol. The molecule has 0 saturated carbocycles. The maximum Gasteiger partial charge on any atom is 0.107 e. The van der Waals surface area contributed by atoms with Crippen LogP contribution < -0.4 is 5.32 Å². The minimum absolute atomic E-state index is 0. The van der Waals surface area contributed by atoms with E-state index < -0.39 is 0 Å². The SMILES string of the molecule is CCCNCc1nc(C)cs1.Cl.Cl. The number of hydrogen-bond acceptors (Lipinski definition) is 3. The Hall–Kier alpha value is 0.170. The zero-order valence-corrected chi connectivity index (χ0v) is 10.3. The highest BCUT2D eigenvalue weighted by molar-refractivity contribution is 7.09. The Kier molecular flexibility index (Phi) is 10.5. The number of halogens is 2. The molecule has 13 heavy (non-hydrogen) atoms. The maximum atomic E-state index is 4.34. The van der Waals surface area contributed by atoms with E-state index in [-0.39, 0.29) is 24.8 Å². The topological polar surface area (TPSA) is 24.9 Å². The first-order valence-corrected chi connectivity index (χ1v) is 4.82. The third-order valence-corrected chi connectivity index (χ3v) is 2.34. The summed E-state index contributed by atoms with van der Waals surface area (Å²) < 4.78 is 0. The molecule has 0 radical (unpaired) electrons. The van der Waals surface area contributed by atoms with Gasteiger partial charge in [0.1, 0.15) is 5.01 Å². The molecule has 0 aliphatic carbocycles. The molecule has 1 N–H and O–H groups in total. The molecule has 1 rings (SSSR count). The molecule has 1 heterocycles. The molecule has 0 unspecified atom stereocenters. The normalized spacial score (nSPS) is 8.77. The van der Waals surface area contributed by atoms with Crippen LogP contribution in [0.15, 0.2) is 5.38 Å². The highest BCUT2D eigenvalue weighted by Crippen LogP contribution is 2.07. The fourth-order valence-electron chi connectivity index (χ4n) is 0.856. The lowest BCUT2D eigenvalue weighted by molar-refractivity contribution is 0.672. The van der Waals surface area contributed by atoms with Crippen molar-refractivity contribution in [3.05, 3.63) is 16.1 Å². The summed E-state index contributed by atoms with van der Waals surface area (Å²) in [6.45, 7) is 6.20. The van der Waals surface area contributed by atoms with Crippen molar-refractivity contribution in [3.8, 4) is 0 Å². The highest BCUT2D eigenvalue weighted by atomic mass is 35.5. The van der Waals surface area contributed by atoms with Gasteiger partial charge in [-0.25, -0.2) is 4.98 Å². The van der Waals surface area contributed by atoms with Gasteiger partial charge in [-0.1, -0.05) is 6.92 Å². The van der Waals surface area contributed by atoms with Gasteiger partial charge in [0.25, 0.3) is 0 Å². The fourth-order valence-corrected chi connectivity index (χ4v) is 1.60. The van der Waals surface area contributed by atoms with E-state index in [2.05, 4.69) is 22.6 Å². The lowest BCUT2D eigenvalue weighted by Crippen LogP contribution is -2.13. The van der Waals surface area contributed by atoms with Crippen LogP contribution in [0.4, 0.5) is 0 Å². The number of nitrogens with one attached hydrogen (secondary N) is 1. The zero-order chi connectivity index (χ0) is 8.10. The van der Waals surface area contributed by atoms with Crippen molar-refractivity contribution in [2.75, 3.05) is 6.54 Å². The van der Waals surface area contributed by atoms with E-state index in [1.807, 2.05) is 6.92 Å². The largest absolute Gasteiger partial charge is 0.310 e. The molecule has 1 aromatic rings. The zero-order valence-electron chi connectivity index (χ0n) is 7.87. The van der Waals surface area contributed by atoms with Crippen LogP contribution in [0.3, 0.4) is 0 Å². The average Bonchev–Trinajstić information content (AvgIpc) is 2.37. The minimum atomic E-state index is 0. The lowest BCUT2D eigenvalue weighted by Gasteiger charge is -1.97. The Bertz CT molecular complexity index is 216. The Labute approximate surface area is 96.0 Å². The highest BCUT2D eigenvalue weighted by Gasteiger charge is 1.95. The minimum Gasteiger partial charge on any atom is -0.310 e. The summed E-state index contributed by atoms with van der Waals surface area (Å²) in [5.41, 5.74) is 1.13. The smallest absolute Gasteiger partial charge is 0.107 e. The predicted octanol–water partition coefficient (Wildman–Crippen LogP) is 2.79. The van der Waals surface area contributed by atoms with Crippen LogP contribution in [0.25, 0.3) is 0 Å². The standard InChI is InChI=1S/C8H14N2S.2ClH/c1-3-4-9-5-8-10-7(2)6-11-8;;/h6,9H,3-5H2,1-2H3;2*1H. The summed E-state index contributed by atoms with van der Waals surface area (Å²) in [6.07, 6.45) is 1.18. The summed E-state index contributed by atoms with van der Waals surface area (Å²) in [5.74, 6) is 0. The van der Waals surface area contributed by atoms with Crippen molar-refractivity contribution >= 4 is 36.2 Å². The van der Waals surface area contributed by atoms with Crippen LogP contribution in [0.1, 0.15) is 24.0 Å². The van der Waals surface area contributed by atoms with Crippen LogP contribution in [0.2, 0.25) is 0 Å². The first-order valence-electron chi connectivity index (χ1n) is 3.94. The number of nitrogens with zero attached hydrogens (tertiary/aromatic N) is 1. The molecule has 0 saturated heterocycles. The van der Waals surface area contributed by atoms with Gasteiger partial charge in [0.15, 0.2) is 0 Å². The monoisotopic (exact) mass is 242 g/mol. The molecule has 0 aromatic carbocycles. The second-order valence-corrected chi connectivity index (χ2v) is 3.50. The van der Waals surface area contributed by atoms with E-state index in [0.717, 1.165) is 18.8 Å². The summed E-state index contributed by atoms with van der Waals surface area (Å²) in [4.78, 5) is 4.34. The molecule has 5 heteroatoms. The van der Waals surface area contributed by atoms with Gasteiger partial charge in [-0.05, 0) is 19.9 Å². The van der Waals surface area contributed by atoms with Crippen LogP contribution in [-0.4, -0.2) is 11.5 Å². The van der Waals surface area contributed by atoms with Crippen molar-refractivity contribution in [1.82, 2.24) is 10.3 Å². The van der Waals surface area contributed by atoms with Crippen molar-refractivity contribution in [3.63, 3.8) is 0 Å². The average molecular weight is 243 g/mol. The Morgan fingerprint density at radius 1 is 1.46 bits per heavy atom. The summed E-state index contributed by atoms with van der Waals surface area (Å²) in [7, 11) is 0. The first kappa shape index (κ1) is 15.6. The molecule has 0 aliphatic rings. The van der Waals surface area contributed by atoms with E-state index in [9.17, 15) is 0 Å². The first-order chi connectivity index (χ1) is 5.33. The number of aryl methyl sites for hydroxylation is 1. The van der Waals surface area contributed by atoms with E-state index in [4.69, 9.17) is 0 Å². The van der Waals surface area contributed by atoms with Crippen LogP contribution in [0.5, 0.6) is 0 Å². The van der Waals surface area contributed by atoms with E-state index >= 15 is 0 Å². The number of thiazole rings is 1. The van der Waals surface area contributed by atoms with Crippen LogP contribution in [-0.2, 0) is 6.54 Å². The molecule has 0 amide bonds. The van der Waals surface area contributed by atoms with Gasteiger partial charge in [-0.15, -0.1) is 36.2 Å². The van der Waals surface area contributed by atoms with Crippen molar-refractivity contribution < 1.29 is 0 Å². The second kappa shape index (κ2) is 8.75. The van der Waals surface area contributed by atoms with E-state index in [1.54, 1.807) is 11.3 Å². The third kappa shape index (κ3) is 6.27. The summed E-state index contributed by atoms with van der Waals surface area (Å²) in [6, 6.07) is 0. The quantitative estimate of drug-likeness (QED) is 0.822. The molecule has 0 spiro atoms. The van der Waals surface area contributed by atoms with Crippen LogP contribution in [0, 0.1) is 6.92 Å². The molecule has 78 valence electrons. The third-order valence-electron chi connectivity index (χ3n) is 1.37. The Morgan fingerprint density at radius 3 is 2.62 bits per heavy atom. The van der Waals surface area contributed by atoms with Gasteiger partial charge in [0.2, 0.25) is 0 Å². The van der Waals surface area contributed by atoms with Crippen LogP contribution >= 0.6 is 36.2 Å². The Morgan fingerprint density at radius 2 is 2.15 bits per heavy atom. The predicted molar refractivity (Wildman–Crippen MR) is 63.3 cm³/mol. The van der Waals surface area contributed by atoms with Gasteiger partial charge in [-0.3, -0.25) is 0 Å². The van der Waals surface area contributed by atoms with E-state index in [1.165, 1.54) is 11.4 Å². The lowest BCUT2D eigenvalue weighted by atomic mass is 10.5. The molecular formula is C8H16Cl2N2S. The van der Waals surface area contributed by atoms with Gasteiger partial charge in [0.05, 0.1) is 0 Å². The number of hydrogen-bond donors (Lipinski definition) is 1. The van der Waals surface area contributed by atoms with Crippen molar-refractivity contribution in [1.29, 1.82) is 0 Å². The van der Waals surface area contributed by atoms with Gasteiger partial charge in [-0.2, -0.15) is 0 Å². The maximum absolute atomic E-state index is 4.34. The molecule has 2 nitrogen and oxygen atoms in total. The summed E-state index contributed by atoms with van der Waals surface area (Å²) in [5, 5.41) is 6.59. The van der Waals surface area contributed by atoms with Crippen molar-refractivity contribution in [2.24, 2.45) is 0 Å². The fraction of sp³-hybridized carbons (Fsp3) is 0.625. The second-order valence-electron chi connectivity index (χ2n) is 2.56. The Balaban J connectivity index is 0. The van der Waals surface area contributed by atoms with E-state index in [0.29, 0.717) is 0 Å².